The van der Waals surface area contributed by atoms with Gasteiger partial charge in [0.1, 0.15) is 5.75 Å². The molecule has 0 saturated heterocycles. The van der Waals surface area contributed by atoms with Crippen molar-refractivity contribution < 1.29 is 5.11 Å². The molecular formula is C14H12O. The monoisotopic (exact) mass is 196 g/mol. The minimum absolute atomic E-state index is 0.290. The van der Waals surface area contributed by atoms with Gasteiger partial charge in [0.2, 0.25) is 0 Å². The van der Waals surface area contributed by atoms with Crippen molar-refractivity contribution in [2.24, 2.45) is 0 Å². The molecule has 0 amide bonds. The molecule has 1 heteroatoms. The second-order valence-corrected chi connectivity index (χ2v) is 3.31. The molecule has 0 fully saturated rings. The van der Waals surface area contributed by atoms with E-state index in [1.165, 1.54) is 0 Å². The molecule has 0 heterocycles. The predicted octanol–water partition coefficient (Wildman–Crippen LogP) is 3.70. The lowest BCUT2D eigenvalue weighted by molar-refractivity contribution is 0.477. The molecule has 2 aromatic rings. The Hall–Kier alpha value is -2.02. The number of hydrogen-bond acceptors (Lipinski definition) is 1. The van der Waals surface area contributed by atoms with Crippen molar-refractivity contribution in [1.82, 2.24) is 0 Å². The van der Waals surface area contributed by atoms with Crippen molar-refractivity contribution in [2.45, 2.75) is 0 Å². The van der Waals surface area contributed by atoms with Crippen LogP contribution in [0.4, 0.5) is 0 Å². The van der Waals surface area contributed by atoms with Gasteiger partial charge >= 0.3 is 0 Å². The molecule has 2 aromatic carbocycles. The summed E-state index contributed by atoms with van der Waals surface area (Å²) in [4.78, 5) is 0. The van der Waals surface area contributed by atoms with Gasteiger partial charge in [-0.2, -0.15) is 0 Å². The van der Waals surface area contributed by atoms with Crippen LogP contribution in [0.1, 0.15) is 5.56 Å². The average Bonchev–Trinajstić information content (AvgIpc) is 2.29. The second-order valence-electron chi connectivity index (χ2n) is 3.31. The predicted molar refractivity (Wildman–Crippen MR) is 63.6 cm³/mol. The van der Waals surface area contributed by atoms with Crippen molar-refractivity contribution in [3.63, 3.8) is 0 Å². The Morgan fingerprint density at radius 2 is 1.67 bits per heavy atom. The fraction of sp³-hybridized carbons (Fsp3) is 0. The molecular weight excluding hydrogens is 184 g/mol. The second kappa shape index (κ2) is 4.01. The van der Waals surface area contributed by atoms with Gasteiger partial charge in [0.15, 0.2) is 0 Å². The van der Waals surface area contributed by atoms with Gasteiger partial charge in [-0.3, -0.25) is 0 Å². The zero-order valence-corrected chi connectivity index (χ0v) is 8.35. The van der Waals surface area contributed by atoms with E-state index >= 15 is 0 Å². The topological polar surface area (TPSA) is 20.2 Å². The van der Waals surface area contributed by atoms with Gasteiger partial charge in [0.25, 0.3) is 0 Å². The number of aromatic hydroxyl groups is 1. The van der Waals surface area contributed by atoms with Crippen LogP contribution in [0.3, 0.4) is 0 Å². The smallest absolute Gasteiger partial charge is 0.124 e. The summed E-state index contributed by atoms with van der Waals surface area (Å²) in [6.45, 7) is 3.75. The Morgan fingerprint density at radius 1 is 0.933 bits per heavy atom. The molecule has 74 valence electrons. The highest BCUT2D eigenvalue weighted by molar-refractivity contribution is 5.79. The molecule has 0 bridgehead atoms. The van der Waals surface area contributed by atoms with Crippen LogP contribution in [0.5, 0.6) is 5.75 Å². The Kier molecular flexibility index (Phi) is 2.55. The van der Waals surface area contributed by atoms with Gasteiger partial charge < -0.3 is 5.11 Å². The summed E-state index contributed by atoms with van der Waals surface area (Å²) in [5.74, 6) is 0.290. The van der Waals surface area contributed by atoms with Crippen LogP contribution in [0.15, 0.2) is 55.1 Å². The summed E-state index contributed by atoms with van der Waals surface area (Å²) in [7, 11) is 0. The number of benzene rings is 2. The molecule has 0 aliphatic heterocycles. The standard InChI is InChI=1S/C14H12O/c1-2-11-9-6-10-13(15)14(11)12-7-4-3-5-8-12/h2-10,15H,1H2. The molecule has 0 atom stereocenters. The molecule has 0 saturated carbocycles. The van der Waals surface area contributed by atoms with Gasteiger partial charge in [-0.25, -0.2) is 0 Å². The first-order valence-corrected chi connectivity index (χ1v) is 4.83. The van der Waals surface area contributed by atoms with Crippen LogP contribution in [-0.2, 0) is 0 Å². The van der Waals surface area contributed by atoms with Crippen molar-refractivity contribution >= 4 is 6.08 Å². The van der Waals surface area contributed by atoms with E-state index < -0.39 is 0 Å². The van der Waals surface area contributed by atoms with Crippen LogP contribution in [0, 0.1) is 0 Å². The van der Waals surface area contributed by atoms with E-state index in [1.54, 1.807) is 12.1 Å². The minimum atomic E-state index is 0.290. The first-order chi connectivity index (χ1) is 7.33. The average molecular weight is 196 g/mol. The van der Waals surface area contributed by atoms with E-state index in [0.717, 1.165) is 16.7 Å². The third kappa shape index (κ3) is 1.77. The number of phenolic OH excluding ortho intramolecular Hbond substituents is 1. The van der Waals surface area contributed by atoms with E-state index in [1.807, 2.05) is 42.5 Å². The lowest BCUT2D eigenvalue weighted by atomic mass is 9.99. The molecule has 0 aromatic heterocycles. The van der Waals surface area contributed by atoms with Crippen LogP contribution in [0.25, 0.3) is 17.2 Å². The van der Waals surface area contributed by atoms with Gasteiger partial charge in [-0.15, -0.1) is 0 Å². The summed E-state index contributed by atoms with van der Waals surface area (Å²) in [6, 6.07) is 15.3. The third-order valence-electron chi connectivity index (χ3n) is 2.36. The van der Waals surface area contributed by atoms with Gasteiger partial charge in [0.05, 0.1) is 0 Å². The molecule has 0 spiro atoms. The maximum Gasteiger partial charge on any atom is 0.124 e. The zero-order chi connectivity index (χ0) is 10.7. The van der Waals surface area contributed by atoms with Crippen LogP contribution in [0.2, 0.25) is 0 Å². The first kappa shape index (κ1) is 9.53. The van der Waals surface area contributed by atoms with E-state index in [0.29, 0.717) is 5.75 Å². The zero-order valence-electron chi connectivity index (χ0n) is 8.35. The first-order valence-electron chi connectivity index (χ1n) is 4.83. The van der Waals surface area contributed by atoms with E-state index in [-0.39, 0.29) is 0 Å². The summed E-state index contributed by atoms with van der Waals surface area (Å²) >= 11 is 0. The van der Waals surface area contributed by atoms with Crippen LogP contribution < -0.4 is 0 Å². The number of phenols is 1. The summed E-state index contributed by atoms with van der Waals surface area (Å²) in [5, 5.41) is 9.83. The van der Waals surface area contributed by atoms with Crippen LogP contribution in [-0.4, -0.2) is 5.11 Å². The quantitative estimate of drug-likeness (QED) is 0.776. The van der Waals surface area contributed by atoms with Gasteiger partial charge in [0, 0.05) is 5.56 Å². The van der Waals surface area contributed by atoms with Crippen molar-refractivity contribution in [1.29, 1.82) is 0 Å². The largest absolute Gasteiger partial charge is 0.507 e. The minimum Gasteiger partial charge on any atom is -0.507 e. The molecule has 1 nitrogen and oxygen atoms in total. The summed E-state index contributed by atoms with van der Waals surface area (Å²) in [6.07, 6.45) is 1.75. The number of hydrogen-bond donors (Lipinski definition) is 1. The van der Waals surface area contributed by atoms with E-state index in [9.17, 15) is 5.11 Å². The Labute approximate surface area is 89.3 Å². The highest BCUT2D eigenvalue weighted by Gasteiger charge is 2.06. The lowest BCUT2D eigenvalue weighted by Crippen LogP contribution is -1.83. The molecule has 0 radical (unpaired) electrons. The van der Waals surface area contributed by atoms with Crippen LogP contribution >= 0.6 is 0 Å². The molecule has 0 unspecified atom stereocenters. The van der Waals surface area contributed by atoms with E-state index in [4.69, 9.17) is 0 Å². The van der Waals surface area contributed by atoms with Crippen molar-refractivity contribution in [2.75, 3.05) is 0 Å². The van der Waals surface area contributed by atoms with Gasteiger partial charge in [-0.05, 0) is 17.2 Å². The normalized spacial score (nSPS) is 9.87. The SMILES string of the molecule is C=Cc1cccc(O)c1-c1ccccc1. The summed E-state index contributed by atoms with van der Waals surface area (Å²) < 4.78 is 0. The van der Waals surface area contributed by atoms with Crippen molar-refractivity contribution in [3.8, 4) is 16.9 Å². The Morgan fingerprint density at radius 3 is 2.33 bits per heavy atom. The Bertz CT molecular complexity index is 472. The summed E-state index contributed by atoms with van der Waals surface area (Å²) in [5.41, 5.74) is 2.79. The molecule has 0 aliphatic rings. The molecule has 1 N–H and O–H groups in total. The lowest BCUT2D eigenvalue weighted by Gasteiger charge is -2.08. The van der Waals surface area contributed by atoms with Crippen molar-refractivity contribution in [3.05, 3.63) is 60.7 Å². The highest BCUT2D eigenvalue weighted by Crippen LogP contribution is 2.32. The molecule has 0 aliphatic carbocycles. The maximum absolute atomic E-state index is 9.83. The maximum atomic E-state index is 9.83. The molecule has 2 rings (SSSR count). The van der Waals surface area contributed by atoms with E-state index in [2.05, 4.69) is 6.58 Å². The highest BCUT2D eigenvalue weighted by atomic mass is 16.3. The Balaban J connectivity index is 2.66. The molecule has 15 heavy (non-hydrogen) atoms. The number of rotatable bonds is 2. The fourth-order valence-electron chi connectivity index (χ4n) is 1.65. The fourth-order valence-corrected chi connectivity index (χ4v) is 1.65. The van der Waals surface area contributed by atoms with Gasteiger partial charge in [-0.1, -0.05) is 55.1 Å². The third-order valence-corrected chi connectivity index (χ3v) is 2.36.